The molecular formula is C20H18N2O4. The molecule has 0 radical (unpaired) electrons. The highest BCUT2D eigenvalue weighted by atomic mass is 16.5. The standard InChI is InChI=1S/C20H18N2O4/c1-25-18(23)20(19(24)26-2)10-15(16(11-21)17(20)22)14-9-5-7-12-6-3-4-8-13(12)14/h3-9,15H,10,22H2,1-2H3. The van der Waals surface area contributed by atoms with Gasteiger partial charge in [0.1, 0.15) is 0 Å². The summed E-state index contributed by atoms with van der Waals surface area (Å²) in [4.78, 5) is 25.0. The van der Waals surface area contributed by atoms with E-state index in [4.69, 9.17) is 15.2 Å². The smallest absolute Gasteiger partial charge is 0.329 e. The number of hydrogen-bond donors (Lipinski definition) is 1. The number of benzene rings is 2. The van der Waals surface area contributed by atoms with Crippen molar-refractivity contribution in [3.05, 3.63) is 59.3 Å². The Labute approximate surface area is 150 Å². The van der Waals surface area contributed by atoms with Gasteiger partial charge in [0.15, 0.2) is 0 Å². The highest BCUT2D eigenvalue weighted by molar-refractivity contribution is 6.05. The quantitative estimate of drug-likeness (QED) is 0.673. The van der Waals surface area contributed by atoms with E-state index in [1.807, 2.05) is 42.5 Å². The van der Waals surface area contributed by atoms with Crippen molar-refractivity contribution in [2.75, 3.05) is 14.2 Å². The maximum atomic E-state index is 12.5. The molecule has 6 heteroatoms. The predicted molar refractivity (Wildman–Crippen MR) is 94.6 cm³/mol. The summed E-state index contributed by atoms with van der Waals surface area (Å²) in [5.41, 5.74) is 5.26. The van der Waals surface area contributed by atoms with E-state index in [1.165, 1.54) is 14.2 Å². The molecule has 3 rings (SSSR count). The first-order chi connectivity index (χ1) is 12.5. The number of ether oxygens (including phenoxy) is 2. The van der Waals surface area contributed by atoms with Gasteiger partial charge in [0, 0.05) is 5.92 Å². The number of nitriles is 1. The molecule has 2 N–H and O–H groups in total. The number of nitrogens with zero attached hydrogens (tertiary/aromatic N) is 1. The lowest BCUT2D eigenvalue weighted by molar-refractivity contribution is -0.166. The number of hydrogen-bond acceptors (Lipinski definition) is 6. The summed E-state index contributed by atoms with van der Waals surface area (Å²) in [5.74, 6) is -2.15. The van der Waals surface area contributed by atoms with Crippen molar-refractivity contribution in [2.45, 2.75) is 12.3 Å². The summed E-state index contributed by atoms with van der Waals surface area (Å²) in [7, 11) is 2.36. The molecule has 0 saturated heterocycles. The Morgan fingerprint density at radius 1 is 1.12 bits per heavy atom. The lowest BCUT2D eigenvalue weighted by Crippen LogP contribution is -2.43. The fourth-order valence-corrected chi connectivity index (χ4v) is 3.71. The Morgan fingerprint density at radius 2 is 1.73 bits per heavy atom. The first-order valence-corrected chi connectivity index (χ1v) is 8.06. The molecule has 1 atom stereocenters. The topological polar surface area (TPSA) is 102 Å². The number of carbonyl (C=O) groups excluding carboxylic acids is 2. The van der Waals surface area contributed by atoms with Crippen LogP contribution in [0.15, 0.2) is 53.7 Å². The van der Waals surface area contributed by atoms with E-state index in [2.05, 4.69) is 6.07 Å². The number of rotatable bonds is 3. The second-order valence-electron chi connectivity index (χ2n) is 6.15. The molecule has 2 aromatic carbocycles. The average Bonchev–Trinajstić information content (AvgIpc) is 2.99. The van der Waals surface area contributed by atoms with Crippen molar-refractivity contribution < 1.29 is 19.1 Å². The summed E-state index contributed by atoms with van der Waals surface area (Å²) in [5, 5.41) is 11.6. The van der Waals surface area contributed by atoms with Crippen LogP contribution in [-0.2, 0) is 19.1 Å². The number of carbonyl (C=O) groups is 2. The van der Waals surface area contributed by atoms with Crippen molar-refractivity contribution in [1.82, 2.24) is 0 Å². The maximum absolute atomic E-state index is 12.5. The van der Waals surface area contributed by atoms with Gasteiger partial charge in [-0.2, -0.15) is 5.26 Å². The molecule has 1 aliphatic carbocycles. The van der Waals surface area contributed by atoms with E-state index in [1.54, 1.807) is 0 Å². The maximum Gasteiger partial charge on any atom is 0.329 e. The van der Waals surface area contributed by atoms with Gasteiger partial charge < -0.3 is 15.2 Å². The number of allylic oxidation sites excluding steroid dienone is 1. The first kappa shape index (κ1) is 17.5. The Balaban J connectivity index is 2.24. The zero-order valence-electron chi connectivity index (χ0n) is 14.5. The Hall–Kier alpha value is -3.33. The predicted octanol–water partition coefficient (Wildman–Crippen LogP) is 2.40. The Morgan fingerprint density at radius 3 is 2.35 bits per heavy atom. The minimum absolute atomic E-state index is 0.00488. The highest BCUT2D eigenvalue weighted by Crippen LogP contribution is 2.51. The van der Waals surface area contributed by atoms with Gasteiger partial charge in [0.05, 0.1) is 31.6 Å². The number of esters is 2. The largest absolute Gasteiger partial charge is 0.468 e. The van der Waals surface area contributed by atoms with E-state index in [0.29, 0.717) is 0 Å². The summed E-state index contributed by atoms with van der Waals surface area (Å²) in [6, 6.07) is 15.5. The number of fused-ring (bicyclic) bond motifs is 1. The first-order valence-electron chi connectivity index (χ1n) is 8.06. The molecule has 0 amide bonds. The molecule has 0 aromatic heterocycles. The molecule has 0 saturated carbocycles. The lowest BCUT2D eigenvalue weighted by Gasteiger charge is -2.25. The molecule has 132 valence electrons. The van der Waals surface area contributed by atoms with Gasteiger partial charge in [-0.1, -0.05) is 42.5 Å². The van der Waals surface area contributed by atoms with Gasteiger partial charge >= 0.3 is 11.9 Å². The summed E-state index contributed by atoms with van der Waals surface area (Å²) in [6.45, 7) is 0. The average molecular weight is 350 g/mol. The number of methoxy groups -OCH3 is 2. The normalized spacial score (nSPS) is 18.4. The third-order valence-corrected chi connectivity index (χ3v) is 5.00. The van der Waals surface area contributed by atoms with Crippen LogP contribution in [0.4, 0.5) is 0 Å². The van der Waals surface area contributed by atoms with E-state index < -0.39 is 23.3 Å². The fourth-order valence-electron chi connectivity index (χ4n) is 3.71. The zero-order chi connectivity index (χ0) is 18.9. The highest BCUT2D eigenvalue weighted by Gasteiger charge is 2.58. The second kappa shape index (κ2) is 6.52. The molecule has 2 aromatic rings. The molecule has 0 spiro atoms. The molecule has 1 unspecified atom stereocenters. The molecule has 0 bridgehead atoms. The van der Waals surface area contributed by atoms with E-state index in [9.17, 15) is 14.9 Å². The Kier molecular flexibility index (Phi) is 4.39. The summed E-state index contributed by atoms with van der Waals surface area (Å²) >= 11 is 0. The molecule has 26 heavy (non-hydrogen) atoms. The van der Waals surface area contributed by atoms with Crippen LogP contribution in [0.2, 0.25) is 0 Å². The van der Waals surface area contributed by atoms with Crippen LogP contribution >= 0.6 is 0 Å². The third kappa shape index (κ3) is 2.32. The van der Waals surface area contributed by atoms with Crippen LogP contribution in [0.25, 0.3) is 10.8 Å². The van der Waals surface area contributed by atoms with Crippen LogP contribution in [-0.4, -0.2) is 26.2 Å². The van der Waals surface area contributed by atoms with Crippen LogP contribution in [0.5, 0.6) is 0 Å². The number of nitrogens with two attached hydrogens (primary N) is 1. The minimum Gasteiger partial charge on any atom is -0.468 e. The molecule has 1 aliphatic rings. The Bertz CT molecular complexity index is 950. The van der Waals surface area contributed by atoms with Crippen molar-refractivity contribution in [3.8, 4) is 6.07 Å². The summed E-state index contributed by atoms with van der Waals surface area (Å²) < 4.78 is 9.66. The molecular weight excluding hydrogens is 332 g/mol. The van der Waals surface area contributed by atoms with Gasteiger partial charge in [-0.25, -0.2) is 0 Å². The lowest BCUT2D eigenvalue weighted by atomic mass is 9.80. The van der Waals surface area contributed by atoms with Crippen LogP contribution in [0.1, 0.15) is 17.9 Å². The summed E-state index contributed by atoms with van der Waals surface area (Å²) in [6.07, 6.45) is -0.00488. The van der Waals surface area contributed by atoms with Crippen molar-refractivity contribution >= 4 is 22.7 Å². The van der Waals surface area contributed by atoms with Crippen LogP contribution < -0.4 is 5.73 Å². The van der Waals surface area contributed by atoms with Crippen LogP contribution in [0.3, 0.4) is 0 Å². The zero-order valence-corrected chi connectivity index (χ0v) is 14.5. The van der Waals surface area contributed by atoms with Gasteiger partial charge in [-0.15, -0.1) is 0 Å². The van der Waals surface area contributed by atoms with Gasteiger partial charge in [-0.3, -0.25) is 9.59 Å². The van der Waals surface area contributed by atoms with E-state index >= 15 is 0 Å². The van der Waals surface area contributed by atoms with E-state index in [-0.39, 0.29) is 17.7 Å². The van der Waals surface area contributed by atoms with Crippen LogP contribution in [0, 0.1) is 16.7 Å². The van der Waals surface area contributed by atoms with E-state index in [0.717, 1.165) is 16.3 Å². The molecule has 0 aliphatic heterocycles. The van der Waals surface area contributed by atoms with Crippen molar-refractivity contribution in [1.29, 1.82) is 5.26 Å². The molecule has 0 fully saturated rings. The van der Waals surface area contributed by atoms with Gasteiger partial charge in [0.25, 0.3) is 0 Å². The SMILES string of the molecule is COC(=O)C1(C(=O)OC)CC(c2cccc3ccccc23)C(C#N)=C1N. The molecule has 6 nitrogen and oxygen atoms in total. The van der Waals surface area contributed by atoms with Gasteiger partial charge in [0.2, 0.25) is 5.41 Å². The minimum atomic E-state index is -1.81. The second-order valence-corrected chi connectivity index (χ2v) is 6.15. The van der Waals surface area contributed by atoms with Crippen molar-refractivity contribution in [2.24, 2.45) is 11.1 Å². The third-order valence-electron chi connectivity index (χ3n) is 5.00. The fraction of sp³-hybridized carbons (Fsp3) is 0.250. The molecule has 0 heterocycles. The monoisotopic (exact) mass is 350 g/mol. The van der Waals surface area contributed by atoms with Gasteiger partial charge in [-0.05, 0) is 22.8 Å². The van der Waals surface area contributed by atoms with Crippen molar-refractivity contribution in [3.63, 3.8) is 0 Å².